The van der Waals surface area contributed by atoms with Crippen LogP contribution in [-0.2, 0) is 17.6 Å². The van der Waals surface area contributed by atoms with Crippen molar-refractivity contribution in [2.75, 3.05) is 0 Å². The highest BCUT2D eigenvalue weighted by molar-refractivity contribution is 5.38. The predicted molar refractivity (Wildman–Crippen MR) is 118 cm³/mol. The Kier molecular flexibility index (Phi) is 4.32. The molecule has 6 bridgehead atoms. The number of rotatable bonds is 0. The van der Waals surface area contributed by atoms with Gasteiger partial charge in [0.2, 0.25) is 0 Å². The van der Waals surface area contributed by atoms with Gasteiger partial charge in [0.25, 0.3) is 0 Å². The fraction of sp³-hybridized carbons (Fsp3) is 0.704. The first-order valence-corrected chi connectivity index (χ1v) is 12.2. The van der Waals surface area contributed by atoms with Crippen LogP contribution < -0.4 is 5.73 Å². The Hall–Kier alpha value is -1.50. The summed E-state index contributed by atoms with van der Waals surface area (Å²) in [6.45, 7) is 2.36. The molecule has 7 rings (SSSR count). The van der Waals surface area contributed by atoms with Crippen LogP contribution in [-0.4, -0.2) is 22.4 Å². The van der Waals surface area contributed by atoms with Crippen molar-refractivity contribution in [3.05, 3.63) is 29.3 Å². The summed E-state index contributed by atoms with van der Waals surface area (Å²) in [5.74, 6) is 10.1. The average Bonchev–Trinajstić information content (AvgIpc) is 2.72. The Morgan fingerprint density at radius 1 is 1.17 bits per heavy atom. The van der Waals surface area contributed by atoms with Crippen molar-refractivity contribution in [3.63, 3.8) is 0 Å². The molecule has 0 aromatic heterocycles. The van der Waals surface area contributed by atoms with E-state index in [-0.39, 0.29) is 23.2 Å². The molecular formula is C27H35NO2. The summed E-state index contributed by atoms with van der Waals surface area (Å²) in [6.07, 6.45) is 11.8. The standard InChI is InChI=1S/C27H35NO2/c1-26-12-4-7-20-16-27(30-26)21-8-2-5-17(14-21)13-19-10-11-22(29)15-18(19)6-3-9-23(27)25(28)24(20)26/h10-11,15,17,20-21,23-25,29H,2,4-8,12-14,16,28H2,1H3. The number of hydrogen-bond donors (Lipinski definition) is 2. The minimum absolute atomic E-state index is 0.0549. The van der Waals surface area contributed by atoms with Crippen LogP contribution in [0.2, 0.25) is 0 Å². The van der Waals surface area contributed by atoms with Crippen molar-refractivity contribution in [1.29, 1.82) is 0 Å². The summed E-state index contributed by atoms with van der Waals surface area (Å²) in [4.78, 5) is 0. The van der Waals surface area contributed by atoms with Crippen LogP contribution in [0.5, 0.6) is 5.75 Å². The quantitative estimate of drug-likeness (QED) is 0.621. The normalized spacial score (nSPS) is 46.6. The fourth-order valence-electron chi connectivity index (χ4n) is 8.42. The lowest BCUT2D eigenvalue weighted by atomic mass is 9.48. The second kappa shape index (κ2) is 6.75. The van der Waals surface area contributed by atoms with Gasteiger partial charge in [0.05, 0.1) is 17.1 Å². The molecule has 1 spiro atoms. The molecule has 8 atom stereocenters. The van der Waals surface area contributed by atoms with Gasteiger partial charge in [0.15, 0.2) is 0 Å². The van der Waals surface area contributed by atoms with Crippen LogP contribution in [0.3, 0.4) is 0 Å². The van der Waals surface area contributed by atoms with E-state index in [2.05, 4.69) is 24.8 Å². The number of phenols is 1. The van der Waals surface area contributed by atoms with E-state index in [1.54, 1.807) is 0 Å². The van der Waals surface area contributed by atoms with Crippen LogP contribution in [0.1, 0.15) is 69.4 Å². The van der Waals surface area contributed by atoms with E-state index >= 15 is 0 Å². The number of phenolic OH excluding ortho intramolecular Hbond substituents is 1. The van der Waals surface area contributed by atoms with E-state index in [9.17, 15) is 5.11 Å². The van der Waals surface area contributed by atoms with Gasteiger partial charge in [-0.2, -0.15) is 0 Å². The molecule has 0 amide bonds. The first kappa shape index (κ1) is 19.2. The second-order valence-electron chi connectivity index (χ2n) is 11.2. The Morgan fingerprint density at radius 2 is 2.07 bits per heavy atom. The molecule has 3 N–H and O–H groups in total. The van der Waals surface area contributed by atoms with E-state index in [1.807, 2.05) is 12.1 Å². The maximum atomic E-state index is 10.1. The molecule has 1 aromatic rings. The van der Waals surface area contributed by atoms with Gasteiger partial charge in [-0.3, -0.25) is 0 Å². The molecule has 0 radical (unpaired) electrons. The summed E-state index contributed by atoms with van der Waals surface area (Å²) in [6, 6.07) is 6.01. The average molecular weight is 406 g/mol. The Morgan fingerprint density at radius 3 is 2.93 bits per heavy atom. The number of hydrogen-bond acceptors (Lipinski definition) is 3. The number of aromatic hydroxyl groups is 1. The van der Waals surface area contributed by atoms with Gasteiger partial charge in [0.1, 0.15) is 5.75 Å². The third-order valence-corrected chi connectivity index (χ3v) is 9.50. The number of benzene rings is 1. The van der Waals surface area contributed by atoms with Gasteiger partial charge in [0, 0.05) is 18.4 Å². The first-order valence-electron chi connectivity index (χ1n) is 12.2. The highest BCUT2D eigenvalue weighted by Crippen LogP contribution is 2.63. The molecule has 6 aliphatic rings. The molecule has 8 unspecified atom stereocenters. The zero-order chi connectivity index (χ0) is 20.5. The predicted octanol–water partition coefficient (Wildman–Crippen LogP) is 4.59. The lowest BCUT2D eigenvalue weighted by Crippen LogP contribution is -2.75. The number of nitrogens with two attached hydrogens (primary N) is 1. The van der Waals surface area contributed by atoms with Gasteiger partial charge >= 0.3 is 0 Å². The molecule has 3 saturated carbocycles. The van der Waals surface area contributed by atoms with Crippen molar-refractivity contribution in [1.82, 2.24) is 0 Å². The summed E-state index contributed by atoms with van der Waals surface area (Å²) in [5.41, 5.74) is 9.41. The van der Waals surface area contributed by atoms with E-state index in [4.69, 9.17) is 10.5 Å². The second-order valence-corrected chi connectivity index (χ2v) is 11.2. The Bertz CT molecular complexity index is 915. The van der Waals surface area contributed by atoms with Crippen LogP contribution >= 0.6 is 0 Å². The molecule has 3 nitrogen and oxygen atoms in total. The largest absolute Gasteiger partial charge is 0.508 e. The third-order valence-electron chi connectivity index (χ3n) is 9.50. The lowest BCUT2D eigenvalue weighted by molar-refractivity contribution is -0.321. The molecule has 3 heteroatoms. The number of fused-ring (bicyclic) bond motifs is 3. The van der Waals surface area contributed by atoms with Crippen molar-refractivity contribution in [3.8, 4) is 17.6 Å². The van der Waals surface area contributed by atoms with Gasteiger partial charge in [-0.05, 0) is 86.5 Å². The Labute approximate surface area is 180 Å². The molecule has 2 saturated heterocycles. The van der Waals surface area contributed by atoms with Crippen molar-refractivity contribution in [2.45, 2.75) is 88.4 Å². The zero-order valence-electron chi connectivity index (χ0n) is 18.2. The molecule has 160 valence electrons. The van der Waals surface area contributed by atoms with Crippen LogP contribution in [0.4, 0.5) is 0 Å². The van der Waals surface area contributed by atoms with E-state index in [1.165, 1.54) is 56.1 Å². The van der Waals surface area contributed by atoms with E-state index in [0.29, 0.717) is 35.8 Å². The molecule has 2 aliphatic heterocycles. The van der Waals surface area contributed by atoms with Crippen molar-refractivity contribution in [2.24, 2.45) is 35.3 Å². The smallest absolute Gasteiger partial charge is 0.115 e. The highest BCUT2D eigenvalue weighted by atomic mass is 16.5. The minimum atomic E-state index is -0.154. The summed E-state index contributed by atoms with van der Waals surface area (Å²) < 4.78 is 7.24. The third kappa shape index (κ3) is 2.73. The summed E-state index contributed by atoms with van der Waals surface area (Å²) in [5, 5.41) is 10.1. The maximum absolute atomic E-state index is 10.1. The van der Waals surface area contributed by atoms with Gasteiger partial charge in [-0.25, -0.2) is 0 Å². The zero-order valence-corrected chi connectivity index (χ0v) is 18.2. The van der Waals surface area contributed by atoms with Gasteiger partial charge < -0.3 is 15.6 Å². The van der Waals surface area contributed by atoms with E-state index < -0.39 is 0 Å². The lowest BCUT2D eigenvalue weighted by Gasteiger charge is -2.68. The first-order chi connectivity index (χ1) is 14.5. The van der Waals surface area contributed by atoms with Crippen molar-refractivity contribution >= 4 is 0 Å². The summed E-state index contributed by atoms with van der Waals surface area (Å²) >= 11 is 0. The van der Waals surface area contributed by atoms with E-state index in [0.717, 1.165) is 12.8 Å². The monoisotopic (exact) mass is 405 g/mol. The molecule has 30 heavy (non-hydrogen) atoms. The SMILES string of the molecule is CC12CCCC3CC4(O1)C1CCCC(Cc5ccc(O)cc5CC#CC4C(N)C32)C1. The summed E-state index contributed by atoms with van der Waals surface area (Å²) in [7, 11) is 0. The van der Waals surface area contributed by atoms with Crippen LogP contribution in [0, 0.1) is 41.4 Å². The molecule has 1 aromatic carbocycles. The van der Waals surface area contributed by atoms with Gasteiger partial charge in [-0.1, -0.05) is 37.2 Å². The number of ether oxygens (including phenoxy) is 1. The topological polar surface area (TPSA) is 55.5 Å². The fourth-order valence-corrected chi connectivity index (χ4v) is 8.42. The minimum Gasteiger partial charge on any atom is -0.508 e. The van der Waals surface area contributed by atoms with Crippen LogP contribution in [0.25, 0.3) is 0 Å². The molecule has 2 heterocycles. The van der Waals surface area contributed by atoms with Gasteiger partial charge in [-0.15, -0.1) is 0 Å². The highest BCUT2D eigenvalue weighted by Gasteiger charge is 2.67. The Balaban J connectivity index is 1.46. The maximum Gasteiger partial charge on any atom is 0.115 e. The molecule has 4 aliphatic carbocycles. The molecule has 5 fully saturated rings. The molecular weight excluding hydrogens is 370 g/mol. The van der Waals surface area contributed by atoms with Crippen LogP contribution in [0.15, 0.2) is 18.2 Å². The van der Waals surface area contributed by atoms with Crippen molar-refractivity contribution < 1.29 is 9.84 Å².